The Kier molecular flexibility index (Phi) is 5.40. The van der Waals surface area contributed by atoms with Gasteiger partial charge in [0.15, 0.2) is 0 Å². The standard InChI is InChI=1S/C30H18B2N6/c1-17-27-28(30(37(17)31)22(16-34)26-14-12-20-8-4-6-10-24(20)36-26)18(2)38(32)29(27)21(15-33)25-13-11-19-7-3-5-9-23(19)35-25/h3-14H,1-2H3/b29-21-,30-22-. The number of nitriles is 2. The monoisotopic (exact) mass is 484 g/mol. The van der Waals surface area contributed by atoms with Crippen molar-refractivity contribution in [1.29, 1.82) is 10.5 Å². The van der Waals surface area contributed by atoms with Crippen LogP contribution in [0.4, 0.5) is 0 Å². The molecular weight excluding hydrogens is 466 g/mol. The van der Waals surface area contributed by atoms with E-state index in [1.165, 1.54) is 8.96 Å². The number of rotatable bonds is 2. The first-order chi connectivity index (χ1) is 18.4. The lowest BCUT2D eigenvalue weighted by Crippen LogP contribution is -2.23. The SMILES string of the molecule is [B]n1c(C)c2/c(=C(\C#N)c3ccc4ccccc4n3)n([B])c(C)c2/c1=C(\C#N)c1ccc2ccccc2n1. The Hall–Kier alpha value is -5.07. The van der Waals surface area contributed by atoms with Crippen molar-refractivity contribution in [2.24, 2.45) is 0 Å². The number of aryl methyl sites for hydroxylation is 2. The van der Waals surface area contributed by atoms with Crippen molar-refractivity contribution in [3.05, 3.63) is 106 Å². The fourth-order valence-corrected chi connectivity index (χ4v) is 5.12. The molecule has 6 nitrogen and oxygen atoms in total. The maximum Gasteiger partial charge on any atom is 0.234 e. The van der Waals surface area contributed by atoms with Crippen LogP contribution in [0, 0.1) is 36.5 Å². The molecule has 0 atom stereocenters. The maximum atomic E-state index is 10.3. The first kappa shape index (κ1) is 23.3. The lowest BCUT2D eigenvalue weighted by Gasteiger charge is -2.07. The summed E-state index contributed by atoms with van der Waals surface area (Å²) in [6.45, 7) is 3.70. The highest BCUT2D eigenvalue weighted by Crippen LogP contribution is 2.23. The van der Waals surface area contributed by atoms with Crippen LogP contribution in [0.1, 0.15) is 22.8 Å². The van der Waals surface area contributed by atoms with E-state index < -0.39 is 0 Å². The number of aromatic nitrogens is 4. The summed E-state index contributed by atoms with van der Waals surface area (Å²) in [6.07, 6.45) is 0. The van der Waals surface area contributed by atoms with Gasteiger partial charge in [0.1, 0.15) is 23.3 Å². The van der Waals surface area contributed by atoms with Crippen molar-refractivity contribution < 1.29 is 0 Å². The predicted octanol–water partition coefficient (Wildman–Crippen LogP) is 3.46. The van der Waals surface area contributed by atoms with E-state index in [-0.39, 0.29) is 0 Å². The maximum absolute atomic E-state index is 10.3. The van der Waals surface area contributed by atoms with Gasteiger partial charge in [-0.15, -0.1) is 0 Å². The van der Waals surface area contributed by atoms with Crippen molar-refractivity contribution in [3.63, 3.8) is 0 Å². The van der Waals surface area contributed by atoms with Crippen molar-refractivity contribution in [1.82, 2.24) is 18.9 Å². The molecule has 4 aromatic heterocycles. The highest BCUT2D eigenvalue weighted by Gasteiger charge is 2.21. The van der Waals surface area contributed by atoms with E-state index in [1.54, 1.807) is 0 Å². The molecule has 0 saturated heterocycles. The van der Waals surface area contributed by atoms with Gasteiger partial charge in [-0.25, -0.2) is 9.97 Å². The smallest absolute Gasteiger partial charge is 0.234 e. The van der Waals surface area contributed by atoms with Crippen molar-refractivity contribution in [2.45, 2.75) is 13.8 Å². The van der Waals surface area contributed by atoms with Gasteiger partial charge in [-0.05, 0) is 38.1 Å². The minimum Gasteiger partial charge on any atom is -0.399 e. The summed E-state index contributed by atoms with van der Waals surface area (Å²) in [5.74, 6) is 0. The molecule has 0 N–H and O–H groups in total. The molecule has 6 rings (SSSR count). The molecule has 4 heterocycles. The van der Waals surface area contributed by atoms with E-state index in [2.05, 4.69) is 12.1 Å². The number of fused-ring (bicyclic) bond motifs is 3. The fourth-order valence-electron chi connectivity index (χ4n) is 5.12. The molecule has 0 amide bonds. The average molecular weight is 484 g/mol. The summed E-state index contributed by atoms with van der Waals surface area (Å²) in [5, 5.41) is 24.9. The van der Waals surface area contributed by atoms with E-state index in [0.717, 1.165) is 21.8 Å². The van der Waals surface area contributed by atoms with Gasteiger partial charge in [0.2, 0.25) is 16.0 Å². The van der Waals surface area contributed by atoms with Crippen LogP contribution in [-0.4, -0.2) is 34.9 Å². The summed E-state index contributed by atoms with van der Waals surface area (Å²) in [4.78, 5) is 9.47. The van der Waals surface area contributed by atoms with Gasteiger partial charge in [-0.3, -0.25) is 0 Å². The minimum atomic E-state index is 0.318. The highest BCUT2D eigenvalue weighted by atomic mass is 14.9. The lowest BCUT2D eigenvalue weighted by molar-refractivity contribution is 1.07. The molecule has 4 radical (unpaired) electrons. The van der Waals surface area contributed by atoms with Gasteiger partial charge < -0.3 is 8.96 Å². The lowest BCUT2D eigenvalue weighted by atomic mass is 10.1. The third kappa shape index (κ3) is 3.35. The van der Waals surface area contributed by atoms with E-state index in [9.17, 15) is 10.5 Å². The molecule has 0 spiro atoms. The second kappa shape index (κ2) is 8.80. The van der Waals surface area contributed by atoms with Crippen LogP contribution in [0.2, 0.25) is 0 Å². The molecule has 0 aliphatic rings. The van der Waals surface area contributed by atoms with Gasteiger partial charge in [0, 0.05) is 32.9 Å². The second-order valence-corrected chi connectivity index (χ2v) is 9.11. The average Bonchev–Trinajstić information content (AvgIpc) is 3.35. The Bertz CT molecular complexity index is 2000. The quantitative estimate of drug-likeness (QED) is 0.353. The largest absolute Gasteiger partial charge is 0.399 e. The molecular formula is C30H18B2N6. The van der Waals surface area contributed by atoms with E-state index in [0.29, 0.717) is 55.4 Å². The molecule has 2 aromatic carbocycles. The predicted molar refractivity (Wildman–Crippen MR) is 151 cm³/mol. The van der Waals surface area contributed by atoms with E-state index in [4.69, 9.17) is 25.9 Å². The minimum absolute atomic E-state index is 0.318. The molecule has 8 heteroatoms. The number of hydrogen-bond acceptors (Lipinski definition) is 4. The highest BCUT2D eigenvalue weighted by molar-refractivity contribution is 6.14. The van der Waals surface area contributed by atoms with Crippen LogP contribution in [0.25, 0.3) is 43.7 Å². The molecule has 0 unspecified atom stereocenters. The van der Waals surface area contributed by atoms with Crippen LogP contribution in [-0.2, 0) is 0 Å². The van der Waals surface area contributed by atoms with Gasteiger partial charge in [0.25, 0.3) is 0 Å². The van der Waals surface area contributed by atoms with Crippen LogP contribution >= 0.6 is 0 Å². The summed E-state index contributed by atoms with van der Waals surface area (Å²) in [7, 11) is 13.2. The van der Waals surface area contributed by atoms with Gasteiger partial charge >= 0.3 is 0 Å². The van der Waals surface area contributed by atoms with Crippen LogP contribution < -0.4 is 10.7 Å². The summed E-state index contributed by atoms with van der Waals surface area (Å²) in [6, 6.07) is 27.6. The van der Waals surface area contributed by atoms with Gasteiger partial charge in [0.05, 0.1) is 33.1 Å². The van der Waals surface area contributed by atoms with Gasteiger partial charge in [-0.1, -0.05) is 48.5 Å². The number of pyridine rings is 2. The Balaban J connectivity index is 1.75. The third-order valence-electron chi connectivity index (χ3n) is 7.06. The number of benzene rings is 2. The molecule has 0 fully saturated rings. The summed E-state index contributed by atoms with van der Waals surface area (Å²) in [5.41, 5.74) is 4.53. The molecule has 6 aromatic rings. The first-order valence-electron chi connectivity index (χ1n) is 12.0. The molecule has 0 saturated carbocycles. The zero-order chi connectivity index (χ0) is 26.6. The number of para-hydroxylation sites is 2. The normalized spacial score (nSPS) is 12.9. The molecule has 0 aliphatic carbocycles. The van der Waals surface area contributed by atoms with Crippen LogP contribution in [0.3, 0.4) is 0 Å². The molecule has 174 valence electrons. The zero-order valence-corrected chi connectivity index (χ0v) is 20.8. The van der Waals surface area contributed by atoms with Crippen LogP contribution in [0.5, 0.6) is 0 Å². The molecule has 0 bridgehead atoms. The Morgan fingerprint density at radius 2 is 1.03 bits per heavy atom. The zero-order valence-electron chi connectivity index (χ0n) is 20.8. The van der Waals surface area contributed by atoms with E-state index in [1.807, 2.05) is 86.6 Å². The summed E-state index contributed by atoms with van der Waals surface area (Å²) >= 11 is 0. The second-order valence-electron chi connectivity index (χ2n) is 9.11. The topological polar surface area (TPSA) is 83.2 Å². The van der Waals surface area contributed by atoms with Crippen molar-refractivity contribution in [2.75, 3.05) is 0 Å². The molecule has 38 heavy (non-hydrogen) atoms. The Morgan fingerprint density at radius 3 is 1.42 bits per heavy atom. The number of hydrogen-bond donors (Lipinski definition) is 0. The van der Waals surface area contributed by atoms with Gasteiger partial charge in [-0.2, -0.15) is 10.5 Å². The van der Waals surface area contributed by atoms with Crippen molar-refractivity contribution >= 4 is 59.7 Å². The molecule has 0 aliphatic heterocycles. The first-order valence-corrected chi connectivity index (χ1v) is 12.0. The Labute approximate surface area is 221 Å². The number of nitrogens with zero attached hydrogens (tertiary/aromatic N) is 6. The Morgan fingerprint density at radius 1 is 0.632 bits per heavy atom. The third-order valence-corrected chi connectivity index (χ3v) is 7.06. The van der Waals surface area contributed by atoms with Crippen molar-refractivity contribution in [3.8, 4) is 12.1 Å². The fraction of sp³-hybridized carbons (Fsp3) is 0.0667. The summed E-state index contributed by atoms with van der Waals surface area (Å²) < 4.78 is 2.97. The van der Waals surface area contributed by atoms with E-state index >= 15 is 0 Å². The van der Waals surface area contributed by atoms with Crippen LogP contribution in [0.15, 0.2) is 72.8 Å².